The summed E-state index contributed by atoms with van der Waals surface area (Å²) in [6, 6.07) is 0. The zero-order chi connectivity index (χ0) is 13.6. The highest BCUT2D eigenvalue weighted by atomic mass is 16.1. The second-order valence-corrected chi connectivity index (χ2v) is 5.30. The van der Waals surface area contributed by atoms with Crippen molar-refractivity contribution < 1.29 is 4.79 Å². The molecule has 106 valence electrons. The van der Waals surface area contributed by atoms with Crippen molar-refractivity contribution in [1.82, 2.24) is 25.8 Å². The van der Waals surface area contributed by atoms with E-state index in [4.69, 9.17) is 0 Å². The van der Waals surface area contributed by atoms with E-state index in [0.717, 1.165) is 18.7 Å². The molecule has 1 aliphatic carbocycles. The third-order valence-corrected chi connectivity index (χ3v) is 3.99. The number of carbonyl (C=O) groups is 1. The molecule has 1 amide bonds. The van der Waals surface area contributed by atoms with Crippen molar-refractivity contribution in [1.29, 1.82) is 0 Å². The second-order valence-electron chi connectivity index (χ2n) is 5.30. The van der Waals surface area contributed by atoms with Crippen LogP contribution >= 0.6 is 0 Å². The van der Waals surface area contributed by atoms with Crippen LogP contribution in [0.5, 0.6) is 0 Å². The highest BCUT2D eigenvalue weighted by molar-refractivity contribution is 5.77. The number of aromatic nitrogens is 3. The third kappa shape index (κ3) is 4.02. The molecule has 0 aromatic carbocycles. The molecule has 0 atom stereocenters. The van der Waals surface area contributed by atoms with E-state index in [1.54, 1.807) is 0 Å². The zero-order valence-electron chi connectivity index (χ0n) is 11.5. The topological polar surface area (TPSA) is 82.7 Å². The van der Waals surface area contributed by atoms with Crippen LogP contribution < -0.4 is 10.6 Å². The fourth-order valence-corrected chi connectivity index (χ4v) is 2.79. The average molecular weight is 265 g/mol. The Labute approximate surface area is 113 Å². The predicted octanol–water partition coefficient (Wildman–Crippen LogP) is 0.776. The first-order chi connectivity index (χ1) is 9.24. The molecule has 6 heteroatoms. The van der Waals surface area contributed by atoms with E-state index >= 15 is 0 Å². The van der Waals surface area contributed by atoms with Crippen LogP contribution in [-0.4, -0.2) is 40.2 Å². The van der Waals surface area contributed by atoms with Gasteiger partial charge in [0.25, 0.3) is 0 Å². The average Bonchev–Trinajstić information content (AvgIpc) is 2.93. The number of H-pyrrole nitrogens is 1. The summed E-state index contributed by atoms with van der Waals surface area (Å²) in [5.74, 6) is 0.928. The molecule has 2 rings (SSSR count). The summed E-state index contributed by atoms with van der Waals surface area (Å²) in [4.78, 5) is 16.0. The Kier molecular flexibility index (Phi) is 4.90. The lowest BCUT2D eigenvalue weighted by atomic mass is 9.79. The maximum absolute atomic E-state index is 12.0. The highest BCUT2D eigenvalue weighted by Crippen LogP contribution is 2.30. The van der Waals surface area contributed by atoms with Gasteiger partial charge in [0.05, 0.1) is 0 Å². The number of aromatic amines is 1. The summed E-state index contributed by atoms with van der Waals surface area (Å²) < 4.78 is 0. The molecular weight excluding hydrogens is 242 g/mol. The fraction of sp³-hybridized carbons (Fsp3) is 0.769. The van der Waals surface area contributed by atoms with Gasteiger partial charge < -0.3 is 10.6 Å². The normalized spacial score (nSPS) is 18.2. The monoisotopic (exact) mass is 265 g/mol. The molecule has 0 radical (unpaired) electrons. The molecule has 0 saturated heterocycles. The first-order valence-corrected chi connectivity index (χ1v) is 7.04. The molecule has 0 bridgehead atoms. The Morgan fingerprint density at radius 3 is 2.84 bits per heavy atom. The van der Waals surface area contributed by atoms with Crippen LogP contribution in [0.4, 0.5) is 0 Å². The lowest BCUT2D eigenvalue weighted by Gasteiger charge is -2.36. The predicted molar refractivity (Wildman–Crippen MR) is 72.6 cm³/mol. The minimum atomic E-state index is 0.00850. The van der Waals surface area contributed by atoms with Crippen LogP contribution in [0.15, 0.2) is 6.33 Å². The van der Waals surface area contributed by atoms with Gasteiger partial charge in [-0.1, -0.05) is 19.3 Å². The van der Waals surface area contributed by atoms with Gasteiger partial charge in [-0.3, -0.25) is 9.89 Å². The molecule has 0 unspecified atom stereocenters. The quantitative estimate of drug-likeness (QED) is 0.709. The molecule has 1 heterocycles. The number of nitrogens with zero attached hydrogens (tertiary/aromatic N) is 2. The van der Waals surface area contributed by atoms with Gasteiger partial charge in [-0.05, 0) is 19.9 Å². The van der Waals surface area contributed by atoms with E-state index in [-0.39, 0.29) is 11.4 Å². The largest absolute Gasteiger partial charge is 0.356 e. The molecule has 0 aliphatic heterocycles. The lowest BCUT2D eigenvalue weighted by Crippen LogP contribution is -2.48. The molecule has 1 saturated carbocycles. The number of hydrogen-bond donors (Lipinski definition) is 3. The fourth-order valence-electron chi connectivity index (χ4n) is 2.79. The van der Waals surface area contributed by atoms with Gasteiger partial charge in [-0.15, -0.1) is 0 Å². The van der Waals surface area contributed by atoms with Gasteiger partial charge >= 0.3 is 0 Å². The first kappa shape index (κ1) is 14.0. The van der Waals surface area contributed by atoms with Gasteiger partial charge in [0.1, 0.15) is 12.2 Å². The van der Waals surface area contributed by atoms with E-state index in [1.165, 1.54) is 25.6 Å². The maximum Gasteiger partial charge on any atom is 0.221 e. The van der Waals surface area contributed by atoms with Crippen LogP contribution in [0.1, 0.15) is 44.3 Å². The minimum Gasteiger partial charge on any atom is -0.356 e. The SMILES string of the molecule is CNC1(CC(=O)NCCc2ncn[nH]2)CCCCC1. The lowest BCUT2D eigenvalue weighted by molar-refractivity contribution is -0.122. The van der Waals surface area contributed by atoms with Gasteiger partial charge in [0, 0.05) is 24.9 Å². The van der Waals surface area contributed by atoms with Crippen LogP contribution in [-0.2, 0) is 11.2 Å². The van der Waals surface area contributed by atoms with Gasteiger partial charge in [0.2, 0.25) is 5.91 Å². The molecule has 1 aromatic heterocycles. The molecule has 1 aliphatic rings. The van der Waals surface area contributed by atoms with Crippen LogP contribution in [0.3, 0.4) is 0 Å². The van der Waals surface area contributed by atoms with E-state index in [9.17, 15) is 4.79 Å². The van der Waals surface area contributed by atoms with Crippen LogP contribution in [0.25, 0.3) is 0 Å². The molecule has 1 aromatic rings. The van der Waals surface area contributed by atoms with Crippen molar-refractivity contribution in [3.63, 3.8) is 0 Å². The standard InChI is InChI=1S/C13H23N5O/c1-14-13(6-3-2-4-7-13)9-12(19)15-8-5-11-16-10-17-18-11/h10,14H,2-9H2,1H3,(H,15,19)(H,16,17,18). The second kappa shape index (κ2) is 6.65. The Morgan fingerprint density at radius 2 is 2.21 bits per heavy atom. The Morgan fingerprint density at radius 1 is 1.42 bits per heavy atom. The molecule has 1 fully saturated rings. The minimum absolute atomic E-state index is 0.00850. The van der Waals surface area contributed by atoms with Crippen molar-refractivity contribution in [2.24, 2.45) is 0 Å². The number of hydrogen-bond acceptors (Lipinski definition) is 4. The molecule has 19 heavy (non-hydrogen) atoms. The Hall–Kier alpha value is -1.43. The summed E-state index contributed by atoms with van der Waals surface area (Å²) in [5, 5.41) is 12.9. The van der Waals surface area contributed by atoms with Crippen molar-refractivity contribution in [2.45, 2.75) is 50.5 Å². The van der Waals surface area contributed by atoms with Gasteiger partial charge in [-0.2, -0.15) is 5.10 Å². The summed E-state index contributed by atoms with van der Waals surface area (Å²) in [6.07, 6.45) is 8.65. The maximum atomic E-state index is 12.0. The van der Waals surface area contributed by atoms with E-state index in [1.807, 2.05) is 7.05 Å². The van der Waals surface area contributed by atoms with Gasteiger partial charge in [-0.25, -0.2) is 4.98 Å². The smallest absolute Gasteiger partial charge is 0.221 e. The van der Waals surface area contributed by atoms with Crippen molar-refractivity contribution >= 4 is 5.91 Å². The molecule has 6 nitrogen and oxygen atoms in total. The Bertz CT molecular complexity index is 384. The number of amides is 1. The summed E-state index contributed by atoms with van der Waals surface area (Å²) in [7, 11) is 1.97. The summed E-state index contributed by atoms with van der Waals surface area (Å²) >= 11 is 0. The summed E-state index contributed by atoms with van der Waals surface area (Å²) in [6.45, 7) is 0.605. The molecular formula is C13H23N5O. The number of carbonyl (C=O) groups excluding carboxylic acids is 1. The highest BCUT2D eigenvalue weighted by Gasteiger charge is 2.32. The number of rotatable bonds is 6. The van der Waals surface area contributed by atoms with Crippen molar-refractivity contribution in [3.8, 4) is 0 Å². The Balaban J connectivity index is 1.73. The van der Waals surface area contributed by atoms with Crippen molar-refractivity contribution in [2.75, 3.05) is 13.6 Å². The van der Waals surface area contributed by atoms with E-state index < -0.39 is 0 Å². The van der Waals surface area contributed by atoms with Crippen LogP contribution in [0.2, 0.25) is 0 Å². The first-order valence-electron chi connectivity index (χ1n) is 7.04. The van der Waals surface area contributed by atoms with E-state index in [2.05, 4.69) is 25.8 Å². The van der Waals surface area contributed by atoms with Crippen LogP contribution in [0, 0.1) is 0 Å². The zero-order valence-corrected chi connectivity index (χ0v) is 11.5. The van der Waals surface area contributed by atoms with E-state index in [0.29, 0.717) is 19.4 Å². The molecule has 0 spiro atoms. The number of nitrogens with one attached hydrogen (secondary N) is 3. The summed E-state index contributed by atoms with van der Waals surface area (Å²) in [5.41, 5.74) is 0.00850. The van der Waals surface area contributed by atoms with Gasteiger partial charge in [0.15, 0.2) is 0 Å². The van der Waals surface area contributed by atoms with Crippen molar-refractivity contribution in [3.05, 3.63) is 12.2 Å². The molecule has 3 N–H and O–H groups in total. The third-order valence-electron chi connectivity index (χ3n) is 3.99.